The maximum Gasteiger partial charge on any atom is 0.252 e. The lowest BCUT2D eigenvalue weighted by atomic mass is 10.2. The van der Waals surface area contributed by atoms with Gasteiger partial charge in [0.2, 0.25) is 10.0 Å². The smallest absolute Gasteiger partial charge is 0.229 e. The van der Waals surface area contributed by atoms with Gasteiger partial charge in [-0.15, -0.1) is 11.6 Å². The third kappa shape index (κ3) is 4.80. The molecule has 10 heteroatoms. The van der Waals surface area contributed by atoms with Crippen LogP contribution in [0.3, 0.4) is 0 Å². The molecule has 1 aliphatic rings. The molecule has 1 saturated heterocycles. The summed E-state index contributed by atoms with van der Waals surface area (Å²) in [6.07, 6.45) is -2.88. The van der Waals surface area contributed by atoms with Crippen LogP contribution in [0.5, 0.6) is 0 Å². The van der Waals surface area contributed by atoms with Crippen molar-refractivity contribution in [2.75, 3.05) is 30.5 Å². The van der Waals surface area contributed by atoms with Crippen LogP contribution in [0.25, 0.3) is 0 Å². The first-order chi connectivity index (χ1) is 8.69. The quantitative estimate of drug-likeness (QED) is 0.668. The van der Waals surface area contributed by atoms with Crippen molar-refractivity contribution in [2.24, 2.45) is 0 Å². The maximum absolute atomic E-state index is 12.4. The van der Waals surface area contributed by atoms with Crippen LogP contribution in [0.2, 0.25) is 0 Å². The van der Waals surface area contributed by atoms with E-state index >= 15 is 0 Å². The van der Waals surface area contributed by atoms with E-state index in [2.05, 4.69) is 0 Å². The van der Waals surface area contributed by atoms with Crippen molar-refractivity contribution in [2.45, 2.75) is 24.5 Å². The van der Waals surface area contributed by atoms with Crippen LogP contribution < -0.4 is 0 Å². The Labute approximate surface area is 116 Å². The van der Waals surface area contributed by atoms with E-state index in [1.54, 1.807) is 0 Å². The number of sulfonamides is 1. The second-order valence-corrected chi connectivity index (χ2v) is 9.23. The first-order valence-electron chi connectivity index (χ1n) is 5.72. The van der Waals surface area contributed by atoms with Gasteiger partial charge in [0, 0.05) is 12.4 Å². The van der Waals surface area contributed by atoms with E-state index in [4.69, 9.17) is 11.6 Å². The predicted molar refractivity (Wildman–Crippen MR) is 68.9 cm³/mol. The van der Waals surface area contributed by atoms with Gasteiger partial charge in [0.15, 0.2) is 0 Å². The third-order valence-corrected chi connectivity index (χ3v) is 7.21. The van der Waals surface area contributed by atoms with Crippen LogP contribution in [0.4, 0.5) is 8.78 Å². The lowest BCUT2D eigenvalue weighted by Gasteiger charge is -2.28. The molecular weight excluding hydrogens is 324 g/mol. The number of alkyl halides is 3. The standard InChI is InChI=1S/C9H16ClF2NO4S2/c10-3-4-13(7-9(11)12)19(16,17)8-1-5-18(14,15)6-2-8/h8-9H,1-7H2. The molecule has 0 amide bonds. The molecule has 0 aromatic heterocycles. The monoisotopic (exact) mass is 339 g/mol. The summed E-state index contributed by atoms with van der Waals surface area (Å²) in [5, 5.41) is -0.919. The second-order valence-electron chi connectivity index (χ2n) is 4.33. The Morgan fingerprint density at radius 3 is 2.21 bits per heavy atom. The van der Waals surface area contributed by atoms with E-state index < -0.39 is 38.1 Å². The average molecular weight is 340 g/mol. The summed E-state index contributed by atoms with van der Waals surface area (Å²) in [5.41, 5.74) is 0. The van der Waals surface area contributed by atoms with E-state index in [0.717, 1.165) is 0 Å². The first-order valence-corrected chi connectivity index (χ1v) is 9.58. The molecule has 1 fully saturated rings. The Bertz CT molecular complexity index is 480. The normalized spacial score (nSPS) is 21.1. The minimum absolute atomic E-state index is 0.0489. The summed E-state index contributed by atoms with van der Waals surface area (Å²) < 4.78 is 72.2. The minimum atomic E-state index is -3.93. The number of hydrogen-bond donors (Lipinski definition) is 0. The Morgan fingerprint density at radius 2 is 1.79 bits per heavy atom. The maximum atomic E-state index is 12.4. The molecule has 0 radical (unpaired) electrons. The zero-order chi connectivity index (χ0) is 14.7. The number of hydrogen-bond acceptors (Lipinski definition) is 4. The van der Waals surface area contributed by atoms with Crippen molar-refractivity contribution >= 4 is 31.5 Å². The van der Waals surface area contributed by atoms with Crippen molar-refractivity contribution < 1.29 is 25.6 Å². The molecule has 5 nitrogen and oxygen atoms in total. The zero-order valence-corrected chi connectivity index (χ0v) is 12.5. The molecular formula is C9H16ClF2NO4S2. The van der Waals surface area contributed by atoms with Crippen LogP contribution >= 0.6 is 11.6 Å². The lowest BCUT2D eigenvalue weighted by Crippen LogP contribution is -2.45. The van der Waals surface area contributed by atoms with Gasteiger partial charge < -0.3 is 0 Å². The molecule has 0 atom stereocenters. The molecule has 1 rings (SSSR count). The van der Waals surface area contributed by atoms with Gasteiger partial charge in [0.05, 0.1) is 23.3 Å². The number of halogens is 3. The molecule has 19 heavy (non-hydrogen) atoms. The van der Waals surface area contributed by atoms with Gasteiger partial charge in [-0.1, -0.05) is 0 Å². The molecule has 0 unspecified atom stereocenters. The van der Waals surface area contributed by atoms with Crippen LogP contribution in [0.15, 0.2) is 0 Å². The average Bonchev–Trinajstić information content (AvgIpc) is 2.27. The van der Waals surface area contributed by atoms with Crippen molar-refractivity contribution in [3.63, 3.8) is 0 Å². The summed E-state index contributed by atoms with van der Waals surface area (Å²) in [5.74, 6) is -0.530. The molecule has 1 aliphatic heterocycles. The molecule has 0 spiro atoms. The van der Waals surface area contributed by atoms with E-state index in [0.29, 0.717) is 4.31 Å². The van der Waals surface area contributed by atoms with Gasteiger partial charge in [-0.2, -0.15) is 4.31 Å². The largest absolute Gasteiger partial charge is 0.252 e. The zero-order valence-electron chi connectivity index (χ0n) is 10.1. The molecule has 0 aromatic carbocycles. The van der Waals surface area contributed by atoms with Gasteiger partial charge >= 0.3 is 0 Å². The second kappa shape index (κ2) is 6.64. The topological polar surface area (TPSA) is 71.5 Å². The Hall–Kier alpha value is 0.01000. The summed E-state index contributed by atoms with van der Waals surface area (Å²) in [7, 11) is -7.12. The molecule has 0 aromatic rings. The van der Waals surface area contributed by atoms with Crippen LogP contribution in [-0.2, 0) is 19.9 Å². The Kier molecular flexibility index (Phi) is 5.96. The lowest BCUT2D eigenvalue weighted by molar-refractivity contribution is 0.121. The Balaban J connectivity index is 2.82. The van der Waals surface area contributed by atoms with Crippen LogP contribution in [-0.4, -0.2) is 63.3 Å². The molecule has 0 saturated carbocycles. The van der Waals surface area contributed by atoms with Crippen LogP contribution in [0.1, 0.15) is 12.8 Å². The summed E-state index contributed by atoms with van der Waals surface area (Å²) in [4.78, 5) is 0. The molecule has 0 bridgehead atoms. The number of rotatable bonds is 6. The summed E-state index contributed by atoms with van der Waals surface area (Å²) in [6.45, 7) is -1.10. The van der Waals surface area contributed by atoms with Gasteiger partial charge in [-0.25, -0.2) is 25.6 Å². The van der Waals surface area contributed by atoms with E-state index in [9.17, 15) is 25.6 Å². The van der Waals surface area contributed by atoms with Crippen molar-refractivity contribution in [1.82, 2.24) is 4.31 Å². The van der Waals surface area contributed by atoms with E-state index in [1.807, 2.05) is 0 Å². The highest BCUT2D eigenvalue weighted by atomic mass is 35.5. The van der Waals surface area contributed by atoms with Gasteiger partial charge in [-0.3, -0.25) is 0 Å². The number of nitrogens with zero attached hydrogens (tertiary/aromatic N) is 1. The summed E-state index contributed by atoms with van der Waals surface area (Å²) in [6, 6.07) is 0. The van der Waals surface area contributed by atoms with Gasteiger partial charge in [0.1, 0.15) is 9.84 Å². The van der Waals surface area contributed by atoms with Gasteiger partial charge in [0.25, 0.3) is 6.43 Å². The molecule has 114 valence electrons. The molecule has 0 aliphatic carbocycles. The fraction of sp³-hybridized carbons (Fsp3) is 1.00. The van der Waals surface area contributed by atoms with E-state index in [-0.39, 0.29) is 36.8 Å². The predicted octanol–water partition coefficient (Wildman–Crippen LogP) is 0.699. The molecule has 1 heterocycles. The minimum Gasteiger partial charge on any atom is -0.229 e. The SMILES string of the molecule is O=S1(=O)CCC(S(=O)(=O)N(CCCl)CC(F)F)CC1. The van der Waals surface area contributed by atoms with E-state index in [1.165, 1.54) is 0 Å². The number of sulfone groups is 1. The van der Waals surface area contributed by atoms with Crippen LogP contribution in [0, 0.1) is 0 Å². The molecule has 0 N–H and O–H groups in total. The summed E-state index contributed by atoms with van der Waals surface area (Å²) >= 11 is 5.42. The highest BCUT2D eigenvalue weighted by Gasteiger charge is 2.37. The fourth-order valence-corrected chi connectivity index (χ4v) is 5.96. The third-order valence-electron chi connectivity index (χ3n) is 2.96. The first kappa shape index (κ1) is 17.1. The van der Waals surface area contributed by atoms with Crippen molar-refractivity contribution in [3.8, 4) is 0 Å². The van der Waals surface area contributed by atoms with Crippen molar-refractivity contribution in [3.05, 3.63) is 0 Å². The Morgan fingerprint density at radius 1 is 1.26 bits per heavy atom. The van der Waals surface area contributed by atoms with Gasteiger partial charge in [-0.05, 0) is 12.8 Å². The fourth-order valence-electron chi connectivity index (χ4n) is 1.95. The highest BCUT2D eigenvalue weighted by molar-refractivity contribution is 7.92. The highest BCUT2D eigenvalue weighted by Crippen LogP contribution is 2.23. The van der Waals surface area contributed by atoms with Crippen molar-refractivity contribution in [1.29, 1.82) is 0 Å².